The molecule has 2 aromatic carbocycles. The van der Waals surface area contributed by atoms with E-state index in [-0.39, 0.29) is 61.6 Å². The third-order valence-corrected chi connectivity index (χ3v) is 8.13. The molecule has 0 bridgehead atoms. The fourth-order valence-electron chi connectivity index (χ4n) is 5.23. The second kappa shape index (κ2) is 13.4. The van der Waals surface area contributed by atoms with Gasteiger partial charge >= 0.3 is 24.3 Å². The number of carboxylic acid groups (broad SMARTS) is 1. The highest BCUT2D eigenvalue weighted by Crippen LogP contribution is 2.43. The van der Waals surface area contributed by atoms with Gasteiger partial charge in [0.15, 0.2) is 10.8 Å². The Bertz CT molecular complexity index is 1690. The number of nitrogens with one attached hydrogen (secondary N) is 1. The molecule has 17 heteroatoms. The molecule has 3 aromatic rings. The maximum absolute atomic E-state index is 14.8. The number of alkyl halides is 6. The van der Waals surface area contributed by atoms with Crippen molar-refractivity contribution >= 4 is 29.1 Å². The molecule has 1 saturated heterocycles. The van der Waals surface area contributed by atoms with E-state index in [1.807, 2.05) is 0 Å². The van der Waals surface area contributed by atoms with Crippen LogP contribution in [0.25, 0.3) is 11.1 Å². The molecule has 9 nitrogen and oxygen atoms in total. The van der Waals surface area contributed by atoms with E-state index in [0.717, 1.165) is 29.5 Å². The average molecular weight is 687 g/mol. The lowest BCUT2D eigenvalue weighted by molar-refractivity contribution is -0.149. The Balaban J connectivity index is 1.76. The zero-order valence-electron chi connectivity index (χ0n) is 24.3. The van der Waals surface area contributed by atoms with Crippen LogP contribution >= 0.6 is 11.3 Å². The number of carbonyl (C=O) groups is 2. The Morgan fingerprint density at radius 1 is 1.11 bits per heavy atom. The fraction of sp³-hybridized carbons (Fsp3) is 0.333. The van der Waals surface area contributed by atoms with Gasteiger partial charge in [-0.2, -0.15) is 26.3 Å². The van der Waals surface area contributed by atoms with Gasteiger partial charge in [0.05, 0.1) is 36.5 Å². The van der Waals surface area contributed by atoms with Crippen molar-refractivity contribution in [3.8, 4) is 11.1 Å². The number of morpholine rings is 1. The molecule has 0 amide bonds. The topological polar surface area (TPSA) is 113 Å². The van der Waals surface area contributed by atoms with E-state index in [4.69, 9.17) is 9.47 Å². The average Bonchev–Trinajstić information content (AvgIpc) is 3.55. The quantitative estimate of drug-likeness (QED) is 0.230. The summed E-state index contributed by atoms with van der Waals surface area (Å²) in [4.78, 5) is 35.9. The Morgan fingerprint density at radius 2 is 1.81 bits per heavy atom. The number of amidine groups is 1. The van der Waals surface area contributed by atoms with Crippen molar-refractivity contribution in [2.75, 3.05) is 32.9 Å². The molecule has 0 saturated carbocycles. The lowest BCUT2D eigenvalue weighted by Crippen LogP contribution is -2.52. The number of carbonyl (C=O) groups excluding carboxylic acids is 1. The van der Waals surface area contributed by atoms with Crippen LogP contribution < -0.4 is 5.32 Å². The summed E-state index contributed by atoms with van der Waals surface area (Å²) in [5.74, 6) is -3.05. The minimum Gasteiger partial charge on any atom is -0.480 e. The van der Waals surface area contributed by atoms with Crippen LogP contribution in [0.5, 0.6) is 0 Å². The molecule has 2 atom stereocenters. The van der Waals surface area contributed by atoms with Gasteiger partial charge < -0.3 is 19.9 Å². The Morgan fingerprint density at radius 3 is 2.40 bits per heavy atom. The minimum absolute atomic E-state index is 0.0467. The molecule has 0 spiro atoms. The number of hydrogen-bond acceptors (Lipinski definition) is 9. The number of benzene rings is 2. The molecule has 1 unspecified atom stereocenters. The highest BCUT2D eigenvalue weighted by atomic mass is 32.1. The van der Waals surface area contributed by atoms with Crippen LogP contribution in [0.2, 0.25) is 0 Å². The Hall–Kier alpha value is -4.35. The second-order valence-corrected chi connectivity index (χ2v) is 11.3. The molecule has 0 radical (unpaired) electrons. The summed E-state index contributed by atoms with van der Waals surface area (Å²) in [6, 6.07) is 1.10. The molecular weight excluding hydrogens is 661 g/mol. The maximum Gasteiger partial charge on any atom is 0.416 e. The molecule has 2 aliphatic rings. The summed E-state index contributed by atoms with van der Waals surface area (Å²) in [7, 11) is 0. The fourth-order valence-corrected chi connectivity index (χ4v) is 5.82. The van der Waals surface area contributed by atoms with Crippen LogP contribution in [-0.2, 0) is 31.4 Å². The molecular formula is C30H25F7N4O5S. The zero-order chi connectivity index (χ0) is 34.1. The van der Waals surface area contributed by atoms with Crippen LogP contribution in [-0.4, -0.2) is 71.7 Å². The lowest BCUT2D eigenvalue weighted by atomic mass is 9.87. The summed E-state index contributed by atoms with van der Waals surface area (Å²) in [6.07, 6.45) is -8.91. The first-order valence-electron chi connectivity index (χ1n) is 14.0. The molecule has 2 N–H and O–H groups in total. The maximum atomic E-state index is 14.8. The molecule has 1 fully saturated rings. The minimum atomic E-state index is -5.18. The second-order valence-electron chi connectivity index (χ2n) is 10.4. The Kier molecular flexibility index (Phi) is 9.70. The van der Waals surface area contributed by atoms with Crippen LogP contribution in [0.1, 0.15) is 34.7 Å². The standard InChI is InChI=1S/C30H25F7N4O5S/c1-2-46-28(44)23-21(13-41-6-7-45-14-22(41)27(42)43)39-25(26-38-5-8-47-26)40-24(23)19-4-3-18(31)12-20(19)15-9-16(29(32,33)34)11-17(10-15)30(35,36)37/h3-5,8-12,22,24H,2,6-7,13-14H2,1H3,(H,39,40)(H,42,43)/t22-,24?/m0/s1. The molecule has 3 heterocycles. The number of aliphatic imine (C=N–C) groups is 1. The highest BCUT2D eigenvalue weighted by molar-refractivity contribution is 7.11. The Labute approximate surface area is 266 Å². The van der Waals surface area contributed by atoms with Crippen molar-refractivity contribution in [1.82, 2.24) is 15.2 Å². The van der Waals surface area contributed by atoms with Crippen LogP contribution in [0, 0.1) is 5.82 Å². The molecule has 250 valence electrons. The number of thiazole rings is 1. The first-order chi connectivity index (χ1) is 22.2. The van der Waals surface area contributed by atoms with E-state index in [1.54, 1.807) is 5.38 Å². The van der Waals surface area contributed by atoms with E-state index < -0.39 is 64.4 Å². The highest BCUT2D eigenvalue weighted by Gasteiger charge is 2.40. The SMILES string of the molecule is CCOC(=O)C1=C(CN2CCOC[C@H]2C(=O)O)NC(c2nccs2)=NC1c1ccc(F)cc1-c1cc(C(F)(F)F)cc(C(F)(F)F)c1. The van der Waals surface area contributed by atoms with Crippen molar-refractivity contribution in [2.24, 2.45) is 4.99 Å². The number of carboxylic acids is 1. The number of nitrogens with zero attached hydrogens (tertiary/aromatic N) is 3. The van der Waals surface area contributed by atoms with E-state index in [0.29, 0.717) is 17.1 Å². The largest absolute Gasteiger partial charge is 0.480 e. The van der Waals surface area contributed by atoms with Gasteiger partial charge in [0, 0.05) is 30.4 Å². The number of hydrogen-bond donors (Lipinski definition) is 2. The van der Waals surface area contributed by atoms with Crippen molar-refractivity contribution in [3.63, 3.8) is 0 Å². The van der Waals surface area contributed by atoms with E-state index >= 15 is 0 Å². The summed E-state index contributed by atoms with van der Waals surface area (Å²) in [5, 5.41) is 14.7. The third kappa shape index (κ3) is 7.47. The molecule has 47 heavy (non-hydrogen) atoms. The van der Waals surface area contributed by atoms with Crippen molar-refractivity contribution in [1.29, 1.82) is 0 Å². The number of rotatable bonds is 8. The van der Waals surface area contributed by atoms with Gasteiger partial charge in [0.2, 0.25) is 0 Å². The molecule has 2 aliphatic heterocycles. The smallest absolute Gasteiger partial charge is 0.416 e. The summed E-state index contributed by atoms with van der Waals surface area (Å²) in [5.41, 5.74) is -4.50. The van der Waals surface area contributed by atoms with E-state index in [9.17, 15) is 45.4 Å². The number of aromatic nitrogens is 1. The van der Waals surface area contributed by atoms with Crippen molar-refractivity contribution in [3.05, 3.63) is 86.8 Å². The normalized spacial score (nSPS) is 19.3. The zero-order valence-corrected chi connectivity index (χ0v) is 25.1. The third-order valence-electron chi connectivity index (χ3n) is 7.35. The molecule has 1 aromatic heterocycles. The molecule has 0 aliphatic carbocycles. The summed E-state index contributed by atoms with van der Waals surface area (Å²) >= 11 is 1.13. The monoisotopic (exact) mass is 686 g/mol. The van der Waals surface area contributed by atoms with E-state index in [2.05, 4.69) is 15.3 Å². The van der Waals surface area contributed by atoms with Gasteiger partial charge in [-0.3, -0.25) is 14.7 Å². The van der Waals surface area contributed by atoms with Gasteiger partial charge in [0.1, 0.15) is 17.9 Å². The summed E-state index contributed by atoms with van der Waals surface area (Å²) < 4.78 is 108. The van der Waals surface area contributed by atoms with Crippen LogP contribution in [0.15, 0.2) is 64.2 Å². The van der Waals surface area contributed by atoms with Crippen LogP contribution in [0.4, 0.5) is 30.7 Å². The van der Waals surface area contributed by atoms with Gasteiger partial charge in [-0.25, -0.2) is 14.2 Å². The first-order valence-corrected chi connectivity index (χ1v) is 14.8. The van der Waals surface area contributed by atoms with Crippen molar-refractivity contribution < 1.29 is 54.9 Å². The van der Waals surface area contributed by atoms with Gasteiger partial charge in [-0.1, -0.05) is 6.07 Å². The number of aliphatic carboxylic acids is 1. The molecule has 5 rings (SSSR count). The first kappa shape index (κ1) is 34.0. The number of esters is 1. The van der Waals surface area contributed by atoms with Gasteiger partial charge in [0.25, 0.3) is 0 Å². The number of halogens is 7. The summed E-state index contributed by atoms with van der Waals surface area (Å²) in [6.45, 7) is 1.34. The predicted molar refractivity (Wildman–Crippen MR) is 154 cm³/mol. The van der Waals surface area contributed by atoms with Crippen LogP contribution in [0.3, 0.4) is 0 Å². The number of ether oxygens (including phenoxy) is 2. The van der Waals surface area contributed by atoms with Gasteiger partial charge in [-0.05, 0) is 53.9 Å². The predicted octanol–water partition coefficient (Wildman–Crippen LogP) is 5.68. The van der Waals surface area contributed by atoms with Crippen molar-refractivity contribution in [2.45, 2.75) is 31.4 Å². The van der Waals surface area contributed by atoms with E-state index in [1.165, 1.54) is 18.0 Å². The van der Waals surface area contributed by atoms with Gasteiger partial charge in [-0.15, -0.1) is 11.3 Å². The lowest BCUT2D eigenvalue weighted by Gasteiger charge is -2.36.